The van der Waals surface area contributed by atoms with Crippen LogP contribution in [0.15, 0.2) is 35.5 Å². The highest BCUT2D eigenvalue weighted by atomic mass is 16.4. The number of phenols is 1. The maximum absolute atomic E-state index is 10.2. The van der Waals surface area contributed by atoms with E-state index in [0.717, 1.165) is 35.6 Å². The highest BCUT2D eigenvalue weighted by molar-refractivity contribution is 6.03. The number of hydrogen-bond acceptors (Lipinski definition) is 3. The molecule has 2 aromatic rings. The number of fused-ring (bicyclic) bond motifs is 1. The summed E-state index contributed by atoms with van der Waals surface area (Å²) in [5, 5.41) is 24.0. The summed E-state index contributed by atoms with van der Waals surface area (Å²) in [6, 6.07) is 9.79. The molecule has 3 heteroatoms. The number of unbranched alkanes of at least 4 members (excludes halogenated alkanes) is 1. The molecular weight excluding hydrogens is 226 g/mol. The molecule has 0 heterocycles. The Morgan fingerprint density at radius 2 is 2.06 bits per heavy atom. The van der Waals surface area contributed by atoms with Crippen LogP contribution in [0.1, 0.15) is 30.9 Å². The van der Waals surface area contributed by atoms with Crippen LogP contribution in [-0.4, -0.2) is 16.5 Å². The van der Waals surface area contributed by atoms with E-state index in [1.54, 1.807) is 0 Å². The van der Waals surface area contributed by atoms with Crippen molar-refractivity contribution >= 4 is 17.0 Å². The first kappa shape index (κ1) is 12.4. The highest BCUT2D eigenvalue weighted by Crippen LogP contribution is 2.31. The molecule has 0 amide bonds. The summed E-state index contributed by atoms with van der Waals surface area (Å²) in [5.74, 6) is 0.222. The molecule has 0 atom stereocenters. The minimum atomic E-state index is 0.222. The molecule has 0 fully saturated rings. The van der Waals surface area contributed by atoms with Crippen molar-refractivity contribution in [3.8, 4) is 5.75 Å². The van der Waals surface area contributed by atoms with Gasteiger partial charge in [0.15, 0.2) is 0 Å². The van der Waals surface area contributed by atoms with Gasteiger partial charge in [-0.25, -0.2) is 0 Å². The van der Waals surface area contributed by atoms with Crippen LogP contribution in [0.3, 0.4) is 0 Å². The predicted molar refractivity (Wildman–Crippen MR) is 73.6 cm³/mol. The van der Waals surface area contributed by atoms with Gasteiger partial charge in [-0.15, -0.1) is 0 Å². The van der Waals surface area contributed by atoms with Gasteiger partial charge in [-0.3, -0.25) is 0 Å². The van der Waals surface area contributed by atoms with Gasteiger partial charge in [0.05, 0.1) is 6.21 Å². The molecule has 0 aromatic heterocycles. The number of benzene rings is 2. The van der Waals surface area contributed by atoms with Gasteiger partial charge in [-0.2, -0.15) is 0 Å². The molecular formula is C15H17NO2. The van der Waals surface area contributed by atoms with Gasteiger partial charge < -0.3 is 10.3 Å². The van der Waals surface area contributed by atoms with Crippen molar-refractivity contribution in [2.24, 2.45) is 5.16 Å². The summed E-state index contributed by atoms with van der Waals surface area (Å²) < 4.78 is 0. The number of rotatable bonds is 4. The van der Waals surface area contributed by atoms with Crippen molar-refractivity contribution in [2.45, 2.75) is 26.2 Å². The molecule has 0 aliphatic rings. The zero-order valence-corrected chi connectivity index (χ0v) is 10.4. The zero-order chi connectivity index (χ0) is 13.0. The van der Waals surface area contributed by atoms with Gasteiger partial charge in [-0.1, -0.05) is 42.8 Å². The van der Waals surface area contributed by atoms with Gasteiger partial charge >= 0.3 is 0 Å². The monoisotopic (exact) mass is 243 g/mol. The van der Waals surface area contributed by atoms with E-state index in [2.05, 4.69) is 12.1 Å². The standard InChI is InChI=1S/C15H17NO2/c1-2-3-6-12-9-11-7-4-5-8-13(11)14(10-16-18)15(12)17/h4-5,7-10,17-18H,2-3,6H2,1H3/b16-10+. The molecule has 0 bridgehead atoms. The van der Waals surface area contributed by atoms with Crippen LogP contribution in [0, 0.1) is 0 Å². The Morgan fingerprint density at radius 1 is 1.28 bits per heavy atom. The minimum Gasteiger partial charge on any atom is -0.507 e. The first-order chi connectivity index (χ1) is 8.77. The van der Waals surface area contributed by atoms with Gasteiger partial charge in [-0.05, 0) is 35.2 Å². The number of hydrogen-bond donors (Lipinski definition) is 2. The van der Waals surface area contributed by atoms with E-state index < -0.39 is 0 Å². The number of oxime groups is 1. The van der Waals surface area contributed by atoms with Gasteiger partial charge in [0.1, 0.15) is 5.75 Å². The third-order valence-corrected chi connectivity index (χ3v) is 3.13. The first-order valence-corrected chi connectivity index (χ1v) is 6.19. The SMILES string of the molecule is CCCCc1cc2ccccc2c(/C=N/O)c1O. The number of nitrogens with zero attached hydrogens (tertiary/aromatic N) is 1. The Morgan fingerprint density at radius 3 is 2.78 bits per heavy atom. The summed E-state index contributed by atoms with van der Waals surface area (Å²) >= 11 is 0. The van der Waals surface area contributed by atoms with E-state index in [0.29, 0.717) is 5.56 Å². The molecule has 2 N–H and O–H groups in total. The fraction of sp³-hybridized carbons (Fsp3) is 0.267. The van der Waals surface area contributed by atoms with Crippen LogP contribution in [0.25, 0.3) is 10.8 Å². The lowest BCUT2D eigenvalue weighted by Crippen LogP contribution is -1.93. The Kier molecular flexibility index (Phi) is 3.82. The molecule has 0 saturated heterocycles. The quantitative estimate of drug-likeness (QED) is 0.488. The van der Waals surface area contributed by atoms with Gasteiger partial charge in [0.25, 0.3) is 0 Å². The maximum Gasteiger partial charge on any atom is 0.128 e. The molecule has 18 heavy (non-hydrogen) atoms. The molecule has 2 rings (SSSR count). The van der Waals surface area contributed by atoms with Crippen molar-refractivity contribution in [3.63, 3.8) is 0 Å². The van der Waals surface area contributed by atoms with Crippen molar-refractivity contribution in [1.82, 2.24) is 0 Å². The Hall–Kier alpha value is -2.03. The van der Waals surface area contributed by atoms with E-state index in [9.17, 15) is 5.11 Å². The van der Waals surface area contributed by atoms with Crippen LogP contribution in [0.5, 0.6) is 5.75 Å². The molecule has 0 aliphatic carbocycles. The largest absolute Gasteiger partial charge is 0.507 e. The lowest BCUT2D eigenvalue weighted by molar-refractivity contribution is 0.321. The number of phenolic OH excluding ortho intramolecular Hbond substituents is 1. The van der Waals surface area contributed by atoms with Crippen molar-refractivity contribution in [1.29, 1.82) is 0 Å². The van der Waals surface area contributed by atoms with Crippen LogP contribution in [0.2, 0.25) is 0 Å². The second-order valence-corrected chi connectivity index (χ2v) is 4.37. The van der Waals surface area contributed by atoms with E-state index in [4.69, 9.17) is 5.21 Å². The third-order valence-electron chi connectivity index (χ3n) is 3.13. The summed E-state index contributed by atoms with van der Waals surface area (Å²) in [4.78, 5) is 0. The van der Waals surface area contributed by atoms with Crippen LogP contribution in [-0.2, 0) is 6.42 Å². The smallest absolute Gasteiger partial charge is 0.128 e. The van der Waals surface area contributed by atoms with Crippen molar-refractivity contribution in [2.75, 3.05) is 0 Å². The fourth-order valence-corrected chi connectivity index (χ4v) is 2.17. The molecule has 3 nitrogen and oxygen atoms in total. The Labute approximate surface area is 106 Å². The second kappa shape index (κ2) is 5.54. The van der Waals surface area contributed by atoms with Crippen molar-refractivity contribution < 1.29 is 10.3 Å². The molecule has 0 unspecified atom stereocenters. The summed E-state index contributed by atoms with van der Waals surface area (Å²) in [6.07, 6.45) is 4.24. The lowest BCUT2D eigenvalue weighted by atomic mass is 9.97. The van der Waals surface area contributed by atoms with Gasteiger partial charge in [0.2, 0.25) is 0 Å². The zero-order valence-electron chi connectivity index (χ0n) is 10.4. The normalized spacial score (nSPS) is 11.4. The molecule has 0 radical (unpaired) electrons. The molecule has 0 saturated carbocycles. The molecule has 0 aliphatic heterocycles. The molecule has 2 aromatic carbocycles. The summed E-state index contributed by atoms with van der Waals surface area (Å²) in [5.41, 5.74) is 1.49. The number of aryl methyl sites for hydroxylation is 1. The average molecular weight is 243 g/mol. The second-order valence-electron chi connectivity index (χ2n) is 4.37. The third kappa shape index (κ3) is 2.30. The predicted octanol–water partition coefficient (Wildman–Crippen LogP) is 3.70. The summed E-state index contributed by atoms with van der Waals surface area (Å²) in [6.45, 7) is 2.12. The van der Waals surface area contributed by atoms with E-state index >= 15 is 0 Å². The average Bonchev–Trinajstić information content (AvgIpc) is 2.40. The first-order valence-electron chi connectivity index (χ1n) is 6.19. The van der Waals surface area contributed by atoms with Gasteiger partial charge in [0, 0.05) is 5.56 Å². The molecule has 0 spiro atoms. The Balaban J connectivity index is 2.63. The highest BCUT2D eigenvalue weighted by Gasteiger charge is 2.10. The molecule has 94 valence electrons. The minimum absolute atomic E-state index is 0.222. The van der Waals surface area contributed by atoms with E-state index in [1.807, 2.05) is 30.3 Å². The van der Waals surface area contributed by atoms with Crippen LogP contribution < -0.4 is 0 Å². The summed E-state index contributed by atoms with van der Waals surface area (Å²) in [7, 11) is 0. The van der Waals surface area contributed by atoms with Crippen LogP contribution >= 0.6 is 0 Å². The van der Waals surface area contributed by atoms with Crippen LogP contribution in [0.4, 0.5) is 0 Å². The topological polar surface area (TPSA) is 52.8 Å². The fourth-order valence-electron chi connectivity index (χ4n) is 2.17. The van der Waals surface area contributed by atoms with Crippen molar-refractivity contribution in [3.05, 3.63) is 41.5 Å². The lowest BCUT2D eigenvalue weighted by Gasteiger charge is -2.10. The number of aromatic hydroxyl groups is 1. The maximum atomic E-state index is 10.2. The van der Waals surface area contributed by atoms with E-state index in [-0.39, 0.29) is 5.75 Å². The Bertz CT molecular complexity index is 576. The van der Waals surface area contributed by atoms with E-state index in [1.165, 1.54) is 6.21 Å².